The fourth-order valence-corrected chi connectivity index (χ4v) is 4.55. The number of H-pyrrole nitrogens is 1. The number of aromatic amines is 1. The molecule has 1 atom stereocenters. The third-order valence-corrected chi connectivity index (χ3v) is 6.06. The van der Waals surface area contributed by atoms with Crippen LogP contribution in [-0.4, -0.2) is 57.3 Å². The first kappa shape index (κ1) is 22.0. The lowest BCUT2D eigenvalue weighted by Crippen LogP contribution is -2.36. The van der Waals surface area contributed by atoms with Crippen LogP contribution in [0.3, 0.4) is 0 Å². The van der Waals surface area contributed by atoms with Crippen LogP contribution in [0.1, 0.15) is 27.4 Å². The molecule has 4 aromatic rings. The molecule has 5 rings (SSSR count). The highest BCUT2D eigenvalue weighted by Crippen LogP contribution is 2.23. The molecule has 0 aliphatic carbocycles. The summed E-state index contributed by atoms with van der Waals surface area (Å²) < 4.78 is 5.87. The van der Waals surface area contributed by atoms with Gasteiger partial charge in [0.2, 0.25) is 0 Å². The Morgan fingerprint density at radius 1 is 1.18 bits per heavy atom. The molecule has 1 amide bonds. The quantitative estimate of drug-likeness (QED) is 0.470. The lowest BCUT2D eigenvalue weighted by molar-refractivity contribution is 0.0737. The maximum absolute atomic E-state index is 13.4. The van der Waals surface area contributed by atoms with Crippen LogP contribution < -0.4 is 5.32 Å². The molecule has 0 spiro atoms. The highest BCUT2D eigenvalue weighted by molar-refractivity contribution is 5.95. The average Bonchev–Trinajstić information content (AvgIpc) is 3.18. The van der Waals surface area contributed by atoms with E-state index >= 15 is 0 Å². The Hall–Kier alpha value is -3.78. The Morgan fingerprint density at radius 3 is 2.94 bits per heavy atom. The van der Waals surface area contributed by atoms with Crippen LogP contribution in [0, 0.1) is 19.8 Å². The van der Waals surface area contributed by atoms with E-state index in [4.69, 9.17) is 4.74 Å². The molecule has 2 N–H and O–H groups in total. The van der Waals surface area contributed by atoms with E-state index in [-0.39, 0.29) is 11.8 Å². The number of nitrogens with one attached hydrogen (secondary N) is 2. The number of anilines is 2. The van der Waals surface area contributed by atoms with Crippen molar-refractivity contribution >= 4 is 28.3 Å². The highest BCUT2D eigenvalue weighted by atomic mass is 16.5. The second-order valence-corrected chi connectivity index (χ2v) is 8.79. The minimum absolute atomic E-state index is 0.00992. The summed E-state index contributed by atoms with van der Waals surface area (Å²) in [6.45, 7) is 6.19. The number of ether oxygens (including phenoxy) is 1. The Bertz CT molecular complexity index is 1300. The lowest BCUT2D eigenvalue weighted by atomic mass is 9.97. The van der Waals surface area contributed by atoms with Crippen LogP contribution in [0.15, 0.2) is 54.7 Å². The number of carbonyl (C=O) groups is 1. The predicted molar refractivity (Wildman–Crippen MR) is 131 cm³/mol. The minimum atomic E-state index is 0.00992. The van der Waals surface area contributed by atoms with Crippen LogP contribution in [0.5, 0.6) is 0 Å². The number of hydrogen-bond donors (Lipinski definition) is 2. The third kappa shape index (κ3) is 4.92. The average molecular weight is 457 g/mol. The van der Waals surface area contributed by atoms with Crippen molar-refractivity contribution in [2.24, 2.45) is 5.92 Å². The molecule has 8 heteroatoms. The number of aromatic nitrogens is 4. The molecule has 34 heavy (non-hydrogen) atoms. The molecule has 0 bridgehead atoms. The van der Waals surface area contributed by atoms with E-state index in [0.717, 1.165) is 28.7 Å². The van der Waals surface area contributed by atoms with Crippen LogP contribution in [0.25, 0.3) is 10.9 Å². The van der Waals surface area contributed by atoms with Gasteiger partial charge in [0.05, 0.1) is 24.9 Å². The molecule has 3 heterocycles. The fraction of sp³-hybridized carbons (Fsp3) is 0.308. The first-order chi connectivity index (χ1) is 16.5. The van der Waals surface area contributed by atoms with Gasteiger partial charge in [-0.1, -0.05) is 18.2 Å². The molecule has 0 radical (unpaired) electrons. The summed E-state index contributed by atoms with van der Waals surface area (Å²) >= 11 is 0. The summed E-state index contributed by atoms with van der Waals surface area (Å²) in [5.41, 5.74) is 4.60. The van der Waals surface area contributed by atoms with Crippen molar-refractivity contribution in [1.82, 2.24) is 25.1 Å². The Labute approximate surface area is 198 Å². The molecule has 1 unspecified atom stereocenters. The van der Waals surface area contributed by atoms with Gasteiger partial charge in [-0.2, -0.15) is 5.10 Å². The Balaban J connectivity index is 1.31. The molecule has 2 aromatic carbocycles. The van der Waals surface area contributed by atoms with Gasteiger partial charge in [0.25, 0.3) is 5.91 Å². The van der Waals surface area contributed by atoms with E-state index in [2.05, 4.69) is 31.5 Å². The summed E-state index contributed by atoms with van der Waals surface area (Å²) in [5, 5.41) is 11.6. The van der Waals surface area contributed by atoms with Crippen LogP contribution in [0.4, 0.5) is 11.5 Å². The van der Waals surface area contributed by atoms with E-state index in [0.29, 0.717) is 43.5 Å². The molecule has 1 saturated heterocycles. The van der Waals surface area contributed by atoms with Gasteiger partial charge in [-0.25, -0.2) is 9.97 Å². The standard InChI is InChI=1S/C26H28N6O2/c1-17-11-25(29-18(2)28-17)30-22-7-3-6-21(13-22)26(33)32-9-10-34-16-19(15-32)12-20-5-4-8-24-23(20)14-27-31-24/h3-8,11,13-14,19H,9-10,12,15-16H2,1-2H3,(H,27,31)(H,28,29,30). The summed E-state index contributed by atoms with van der Waals surface area (Å²) in [6, 6.07) is 15.6. The summed E-state index contributed by atoms with van der Waals surface area (Å²) in [5.74, 6) is 1.64. The second kappa shape index (κ2) is 9.61. The molecule has 1 aliphatic rings. The number of carbonyl (C=O) groups excluding carboxylic acids is 1. The van der Waals surface area contributed by atoms with E-state index < -0.39 is 0 Å². The van der Waals surface area contributed by atoms with Gasteiger partial charge >= 0.3 is 0 Å². The van der Waals surface area contributed by atoms with Gasteiger partial charge in [-0.05, 0) is 50.1 Å². The lowest BCUT2D eigenvalue weighted by Gasteiger charge is -2.24. The molecule has 1 fully saturated rings. The van der Waals surface area contributed by atoms with Gasteiger partial charge in [-0.3, -0.25) is 9.89 Å². The number of rotatable bonds is 5. The minimum Gasteiger partial charge on any atom is -0.379 e. The van der Waals surface area contributed by atoms with Crippen molar-refractivity contribution in [3.63, 3.8) is 0 Å². The maximum atomic E-state index is 13.4. The number of amides is 1. The molecular formula is C26H28N6O2. The van der Waals surface area contributed by atoms with Gasteiger partial charge in [0.1, 0.15) is 11.6 Å². The zero-order valence-electron chi connectivity index (χ0n) is 19.4. The SMILES string of the molecule is Cc1cc(Nc2cccc(C(=O)N3CCOCC(Cc4cccc5[nH]ncc45)C3)c2)nc(C)n1. The van der Waals surface area contributed by atoms with Crippen molar-refractivity contribution in [3.8, 4) is 0 Å². The predicted octanol–water partition coefficient (Wildman–Crippen LogP) is 4.04. The van der Waals surface area contributed by atoms with Gasteiger partial charge in [0.15, 0.2) is 0 Å². The van der Waals surface area contributed by atoms with Gasteiger partial charge in [0, 0.05) is 47.4 Å². The highest BCUT2D eigenvalue weighted by Gasteiger charge is 2.24. The van der Waals surface area contributed by atoms with Crippen molar-refractivity contribution in [1.29, 1.82) is 0 Å². The molecule has 174 valence electrons. The summed E-state index contributed by atoms with van der Waals surface area (Å²) in [4.78, 5) is 24.1. The number of benzene rings is 2. The molecule has 0 saturated carbocycles. The number of aryl methyl sites for hydroxylation is 2. The fourth-order valence-electron chi connectivity index (χ4n) is 4.55. The van der Waals surface area contributed by atoms with Crippen LogP contribution >= 0.6 is 0 Å². The van der Waals surface area contributed by atoms with Crippen molar-refractivity contribution < 1.29 is 9.53 Å². The number of fused-ring (bicyclic) bond motifs is 1. The first-order valence-corrected chi connectivity index (χ1v) is 11.5. The topological polar surface area (TPSA) is 96.0 Å². The van der Waals surface area contributed by atoms with E-state index in [1.54, 1.807) is 0 Å². The zero-order chi connectivity index (χ0) is 23.5. The summed E-state index contributed by atoms with van der Waals surface area (Å²) in [7, 11) is 0. The van der Waals surface area contributed by atoms with Gasteiger partial charge in [-0.15, -0.1) is 0 Å². The van der Waals surface area contributed by atoms with Crippen molar-refractivity contribution in [2.45, 2.75) is 20.3 Å². The molecule has 1 aliphatic heterocycles. The van der Waals surface area contributed by atoms with E-state index in [1.165, 1.54) is 5.56 Å². The first-order valence-electron chi connectivity index (χ1n) is 11.5. The van der Waals surface area contributed by atoms with Crippen LogP contribution in [0.2, 0.25) is 0 Å². The van der Waals surface area contributed by atoms with Crippen molar-refractivity contribution in [3.05, 3.63) is 77.4 Å². The normalized spacial score (nSPS) is 16.4. The summed E-state index contributed by atoms with van der Waals surface area (Å²) in [6.07, 6.45) is 2.69. The third-order valence-electron chi connectivity index (χ3n) is 6.06. The molecule has 2 aromatic heterocycles. The molecular weight excluding hydrogens is 428 g/mol. The van der Waals surface area contributed by atoms with Gasteiger partial charge < -0.3 is 15.0 Å². The largest absolute Gasteiger partial charge is 0.379 e. The number of nitrogens with zero attached hydrogens (tertiary/aromatic N) is 4. The maximum Gasteiger partial charge on any atom is 0.254 e. The zero-order valence-corrected chi connectivity index (χ0v) is 19.4. The Morgan fingerprint density at radius 2 is 2.06 bits per heavy atom. The van der Waals surface area contributed by atoms with E-state index in [1.807, 2.05) is 67.4 Å². The molecule has 8 nitrogen and oxygen atoms in total. The second-order valence-electron chi connectivity index (χ2n) is 8.79. The van der Waals surface area contributed by atoms with E-state index in [9.17, 15) is 4.79 Å². The number of hydrogen-bond acceptors (Lipinski definition) is 6. The van der Waals surface area contributed by atoms with Crippen molar-refractivity contribution in [2.75, 3.05) is 31.6 Å². The smallest absolute Gasteiger partial charge is 0.254 e. The monoisotopic (exact) mass is 456 g/mol. The van der Waals surface area contributed by atoms with Crippen LogP contribution in [-0.2, 0) is 11.2 Å². The Kier molecular flexibility index (Phi) is 6.22.